The Hall–Kier alpha value is -3.89. The monoisotopic (exact) mass is 534 g/mol. The molecule has 1 saturated heterocycles. The van der Waals surface area contributed by atoms with Crippen LogP contribution >= 0.6 is 0 Å². The van der Waals surface area contributed by atoms with E-state index >= 15 is 0 Å². The molecule has 0 N–H and O–H groups in total. The van der Waals surface area contributed by atoms with Crippen molar-refractivity contribution in [2.75, 3.05) is 46.6 Å². The topological polar surface area (TPSA) is 96.7 Å². The van der Waals surface area contributed by atoms with Gasteiger partial charge in [-0.25, -0.2) is 14.8 Å². The van der Waals surface area contributed by atoms with Gasteiger partial charge in [-0.15, -0.1) is 0 Å². The quantitative estimate of drug-likeness (QED) is 0.303. The fourth-order valence-electron chi connectivity index (χ4n) is 4.36. The molecule has 1 atom stereocenters. The van der Waals surface area contributed by atoms with E-state index in [9.17, 15) is 4.79 Å². The van der Waals surface area contributed by atoms with Gasteiger partial charge in [-0.1, -0.05) is 18.2 Å². The molecule has 39 heavy (non-hydrogen) atoms. The average molecular weight is 535 g/mol. The Morgan fingerprint density at radius 3 is 2.82 bits per heavy atom. The number of benzene rings is 1. The van der Waals surface area contributed by atoms with Crippen LogP contribution in [-0.2, 0) is 14.2 Å². The molecule has 206 valence electrons. The predicted octanol–water partition coefficient (Wildman–Crippen LogP) is 4.59. The van der Waals surface area contributed by atoms with Crippen LogP contribution in [0.5, 0.6) is 11.5 Å². The van der Waals surface area contributed by atoms with Gasteiger partial charge in [-0.05, 0) is 39.0 Å². The zero-order valence-corrected chi connectivity index (χ0v) is 22.8. The summed E-state index contributed by atoms with van der Waals surface area (Å²) < 4.78 is 30.3. The van der Waals surface area contributed by atoms with Crippen molar-refractivity contribution >= 4 is 22.6 Å². The molecule has 4 heterocycles. The molecule has 10 heteroatoms. The number of para-hydroxylation sites is 1. The summed E-state index contributed by atoms with van der Waals surface area (Å²) in [7, 11) is 1.64. The average Bonchev–Trinajstić information content (AvgIpc) is 3.34. The molecule has 1 aliphatic rings. The van der Waals surface area contributed by atoms with Crippen molar-refractivity contribution in [2.45, 2.75) is 32.5 Å². The fourth-order valence-corrected chi connectivity index (χ4v) is 4.36. The lowest BCUT2D eigenvalue weighted by molar-refractivity contribution is -0.0555. The molecule has 1 fully saturated rings. The number of carbonyl (C=O) groups is 1. The molecule has 1 unspecified atom stereocenters. The molecule has 0 spiro atoms. The number of morpholine rings is 1. The van der Waals surface area contributed by atoms with Gasteiger partial charge < -0.3 is 28.6 Å². The summed E-state index contributed by atoms with van der Waals surface area (Å²) in [5, 5.41) is 0.957. The number of rotatable bonds is 8. The Morgan fingerprint density at radius 1 is 1.13 bits per heavy atom. The van der Waals surface area contributed by atoms with Gasteiger partial charge in [0.2, 0.25) is 0 Å². The molecule has 0 saturated carbocycles. The van der Waals surface area contributed by atoms with Gasteiger partial charge in [0.1, 0.15) is 47.6 Å². The minimum atomic E-state index is -0.547. The number of pyridine rings is 2. The molecule has 4 aromatic rings. The second kappa shape index (κ2) is 11.5. The number of hydrogen-bond donors (Lipinski definition) is 0. The van der Waals surface area contributed by atoms with Gasteiger partial charge in [0, 0.05) is 31.3 Å². The first-order chi connectivity index (χ1) is 18.8. The molecule has 0 bridgehead atoms. The van der Waals surface area contributed by atoms with E-state index in [-0.39, 0.29) is 18.8 Å². The lowest BCUT2D eigenvalue weighted by Gasteiger charge is -2.34. The maximum Gasteiger partial charge on any atom is 0.410 e. The first-order valence-corrected chi connectivity index (χ1v) is 13.0. The largest absolute Gasteiger partial charge is 0.491 e. The Balaban J connectivity index is 1.32. The number of fused-ring (bicyclic) bond motifs is 2. The number of imidazole rings is 1. The summed E-state index contributed by atoms with van der Waals surface area (Å²) >= 11 is 0. The van der Waals surface area contributed by atoms with Crippen LogP contribution in [0, 0.1) is 0 Å². The number of hydrogen-bond acceptors (Lipinski definition) is 8. The van der Waals surface area contributed by atoms with Gasteiger partial charge >= 0.3 is 6.09 Å². The van der Waals surface area contributed by atoms with Crippen molar-refractivity contribution in [3.63, 3.8) is 0 Å². The van der Waals surface area contributed by atoms with E-state index in [0.717, 1.165) is 33.7 Å². The van der Waals surface area contributed by atoms with Crippen molar-refractivity contribution in [2.24, 2.45) is 0 Å². The predicted molar refractivity (Wildman–Crippen MR) is 146 cm³/mol. The zero-order valence-electron chi connectivity index (χ0n) is 22.8. The van der Waals surface area contributed by atoms with Crippen molar-refractivity contribution in [1.82, 2.24) is 19.3 Å². The molecule has 5 rings (SSSR count). The standard InChI is InChI=1S/C29H34N4O6/c1-29(2,3)39-28(34)32-12-13-36-22(18-32)19-38-25-7-5-6-20-8-9-23(31-27(20)25)24-17-30-26-16-21(10-11-33(24)26)37-15-14-35-4/h5-11,16-17,22H,12-15,18-19H2,1-4H3. The highest BCUT2D eigenvalue weighted by Crippen LogP contribution is 2.29. The molecular formula is C29H34N4O6. The Morgan fingerprint density at radius 2 is 2.00 bits per heavy atom. The van der Waals surface area contributed by atoms with Gasteiger partial charge in [-0.3, -0.25) is 4.40 Å². The highest BCUT2D eigenvalue weighted by Gasteiger charge is 2.28. The number of ether oxygens (including phenoxy) is 5. The van der Waals surface area contributed by atoms with Crippen molar-refractivity contribution in [1.29, 1.82) is 0 Å². The summed E-state index contributed by atoms with van der Waals surface area (Å²) in [4.78, 5) is 23.7. The van der Waals surface area contributed by atoms with Crippen molar-refractivity contribution < 1.29 is 28.5 Å². The van der Waals surface area contributed by atoms with E-state index in [2.05, 4.69) is 4.98 Å². The Labute approximate surface area is 227 Å². The molecule has 0 aliphatic carbocycles. The van der Waals surface area contributed by atoms with Gasteiger partial charge in [0.15, 0.2) is 0 Å². The van der Waals surface area contributed by atoms with Crippen molar-refractivity contribution in [3.8, 4) is 22.9 Å². The molecular weight excluding hydrogens is 500 g/mol. The second-order valence-corrected chi connectivity index (χ2v) is 10.3. The maximum atomic E-state index is 12.5. The normalized spacial score (nSPS) is 16.0. The third-order valence-electron chi connectivity index (χ3n) is 6.20. The number of nitrogens with zero attached hydrogens (tertiary/aromatic N) is 4. The number of amides is 1. The van der Waals surface area contributed by atoms with E-state index in [1.54, 1.807) is 18.2 Å². The third kappa shape index (κ3) is 6.40. The fraction of sp³-hybridized carbons (Fsp3) is 0.414. The van der Waals surface area contributed by atoms with Crippen LogP contribution in [0.2, 0.25) is 0 Å². The van der Waals surface area contributed by atoms with Gasteiger partial charge in [0.25, 0.3) is 0 Å². The molecule has 1 amide bonds. The van der Waals surface area contributed by atoms with E-state index in [4.69, 9.17) is 28.7 Å². The van der Waals surface area contributed by atoms with Crippen LogP contribution in [0.15, 0.2) is 54.9 Å². The van der Waals surface area contributed by atoms with Crippen LogP contribution in [0.4, 0.5) is 4.79 Å². The number of methoxy groups -OCH3 is 1. The van der Waals surface area contributed by atoms with Crippen LogP contribution < -0.4 is 9.47 Å². The van der Waals surface area contributed by atoms with Crippen LogP contribution in [0.3, 0.4) is 0 Å². The van der Waals surface area contributed by atoms with Crippen LogP contribution in [0.25, 0.3) is 27.9 Å². The van der Waals surface area contributed by atoms with Crippen molar-refractivity contribution in [3.05, 3.63) is 54.9 Å². The maximum absolute atomic E-state index is 12.5. The van der Waals surface area contributed by atoms with E-state index < -0.39 is 5.60 Å². The minimum Gasteiger partial charge on any atom is -0.491 e. The molecule has 1 aliphatic heterocycles. The Bertz CT molecular complexity index is 1450. The summed E-state index contributed by atoms with van der Waals surface area (Å²) in [6, 6.07) is 13.6. The Kier molecular flexibility index (Phi) is 7.85. The lowest BCUT2D eigenvalue weighted by atomic mass is 10.1. The van der Waals surface area contributed by atoms with Gasteiger partial charge in [0.05, 0.1) is 37.3 Å². The summed E-state index contributed by atoms with van der Waals surface area (Å²) in [6.45, 7) is 8.17. The highest BCUT2D eigenvalue weighted by atomic mass is 16.6. The molecule has 1 aromatic carbocycles. The first kappa shape index (κ1) is 26.7. The van der Waals surface area contributed by atoms with Crippen LogP contribution in [-0.4, -0.2) is 83.7 Å². The minimum absolute atomic E-state index is 0.274. The van der Waals surface area contributed by atoms with E-state index in [1.807, 2.05) is 73.8 Å². The summed E-state index contributed by atoms with van der Waals surface area (Å²) in [5.41, 5.74) is 2.58. The summed E-state index contributed by atoms with van der Waals surface area (Å²) in [5.74, 6) is 1.38. The van der Waals surface area contributed by atoms with E-state index in [0.29, 0.717) is 38.7 Å². The smallest absolute Gasteiger partial charge is 0.410 e. The molecule has 0 radical (unpaired) electrons. The summed E-state index contributed by atoms with van der Waals surface area (Å²) in [6.07, 6.45) is 3.11. The SMILES string of the molecule is COCCOc1ccn2c(-c3ccc4cccc(OCC5CN(C(=O)OC(C)(C)C)CCO5)c4n3)cnc2c1. The van der Waals surface area contributed by atoms with Crippen LogP contribution in [0.1, 0.15) is 20.8 Å². The second-order valence-electron chi connectivity index (χ2n) is 10.3. The van der Waals surface area contributed by atoms with Gasteiger partial charge in [-0.2, -0.15) is 0 Å². The highest BCUT2D eigenvalue weighted by molar-refractivity contribution is 5.86. The number of carbonyl (C=O) groups excluding carboxylic acids is 1. The number of aromatic nitrogens is 3. The first-order valence-electron chi connectivity index (χ1n) is 13.0. The molecule has 3 aromatic heterocycles. The zero-order chi connectivity index (χ0) is 27.4. The lowest BCUT2D eigenvalue weighted by Crippen LogP contribution is -2.49. The molecule has 10 nitrogen and oxygen atoms in total. The van der Waals surface area contributed by atoms with E-state index in [1.165, 1.54) is 0 Å². The third-order valence-corrected chi connectivity index (χ3v) is 6.20.